The Balaban J connectivity index is 1.50. The van der Waals surface area contributed by atoms with Crippen LogP contribution in [0.4, 0.5) is 28.8 Å². The molecule has 0 radical (unpaired) electrons. The second-order valence-corrected chi connectivity index (χ2v) is 9.41. The van der Waals surface area contributed by atoms with Gasteiger partial charge >= 0.3 is 0 Å². The molecule has 0 unspecified atom stereocenters. The van der Waals surface area contributed by atoms with E-state index in [4.69, 9.17) is 10.5 Å². The van der Waals surface area contributed by atoms with Crippen LogP contribution in [-0.2, 0) is 11.2 Å². The summed E-state index contributed by atoms with van der Waals surface area (Å²) in [5, 5.41) is 10.7. The summed E-state index contributed by atoms with van der Waals surface area (Å²) in [5.41, 5.74) is 9.59. The number of nitrogens with zero attached hydrogens (tertiary/aromatic N) is 4. The first-order chi connectivity index (χ1) is 17.3. The van der Waals surface area contributed by atoms with Crippen LogP contribution in [0.25, 0.3) is 11.0 Å². The van der Waals surface area contributed by atoms with Crippen LogP contribution >= 0.6 is 11.3 Å². The second-order valence-electron chi connectivity index (χ2n) is 8.66. The minimum atomic E-state index is -0.521. The SMILES string of the molecule is COc1cc2c(cc1Nc1nc(Nc3cscc3C(N)=O)c3cc[nH]c3n1)N(C(=O)CN(C)C)CC2. The third-order valence-electron chi connectivity index (χ3n) is 5.89. The Morgan fingerprint density at radius 3 is 2.81 bits per heavy atom. The molecule has 36 heavy (non-hydrogen) atoms. The van der Waals surface area contributed by atoms with Gasteiger partial charge in [0.15, 0.2) is 0 Å². The number of methoxy groups -OCH3 is 1. The summed E-state index contributed by atoms with van der Waals surface area (Å²) >= 11 is 1.37. The fraction of sp³-hybridized carbons (Fsp3) is 0.250. The summed E-state index contributed by atoms with van der Waals surface area (Å²) in [6, 6.07) is 5.69. The number of likely N-dealkylation sites (N-methyl/N-ethyl adjacent to an activating group) is 1. The van der Waals surface area contributed by atoms with Crippen LogP contribution in [0, 0.1) is 0 Å². The van der Waals surface area contributed by atoms with Crippen LogP contribution in [0.2, 0.25) is 0 Å². The Labute approximate surface area is 211 Å². The Morgan fingerprint density at radius 2 is 2.06 bits per heavy atom. The minimum absolute atomic E-state index is 0.0337. The van der Waals surface area contributed by atoms with Crippen molar-refractivity contribution in [2.75, 3.05) is 49.8 Å². The van der Waals surface area contributed by atoms with Gasteiger partial charge in [-0.2, -0.15) is 9.97 Å². The summed E-state index contributed by atoms with van der Waals surface area (Å²) in [6.07, 6.45) is 2.52. The van der Waals surface area contributed by atoms with E-state index in [9.17, 15) is 9.59 Å². The highest BCUT2D eigenvalue weighted by Crippen LogP contribution is 2.39. The number of nitrogens with two attached hydrogens (primary N) is 1. The first-order valence-electron chi connectivity index (χ1n) is 11.2. The van der Waals surface area contributed by atoms with Gasteiger partial charge in [-0.1, -0.05) is 0 Å². The third-order valence-corrected chi connectivity index (χ3v) is 6.64. The Morgan fingerprint density at radius 1 is 1.22 bits per heavy atom. The third kappa shape index (κ3) is 4.43. The molecule has 3 aromatic heterocycles. The molecule has 4 aromatic rings. The number of carbonyl (C=O) groups is 2. The first-order valence-corrected chi connectivity index (χ1v) is 12.2. The van der Waals surface area contributed by atoms with E-state index in [0.717, 1.165) is 23.1 Å². The second kappa shape index (κ2) is 9.47. The van der Waals surface area contributed by atoms with Crippen molar-refractivity contribution in [1.82, 2.24) is 19.9 Å². The number of anilines is 5. The molecule has 2 amide bonds. The van der Waals surface area contributed by atoms with Gasteiger partial charge in [-0.05, 0) is 44.3 Å². The summed E-state index contributed by atoms with van der Waals surface area (Å²) in [7, 11) is 5.34. The van der Waals surface area contributed by atoms with Crippen LogP contribution in [0.5, 0.6) is 5.75 Å². The van der Waals surface area contributed by atoms with E-state index in [1.165, 1.54) is 11.3 Å². The molecule has 1 aliphatic rings. The monoisotopic (exact) mass is 506 g/mol. The van der Waals surface area contributed by atoms with Crippen LogP contribution in [0.15, 0.2) is 35.2 Å². The van der Waals surface area contributed by atoms with Crippen LogP contribution in [-0.4, -0.2) is 66.0 Å². The molecule has 0 saturated heterocycles. The molecule has 0 saturated carbocycles. The zero-order valence-electron chi connectivity index (χ0n) is 20.1. The number of hydrogen-bond donors (Lipinski definition) is 4. The number of hydrogen-bond acceptors (Lipinski definition) is 9. The molecular weight excluding hydrogens is 480 g/mol. The lowest BCUT2D eigenvalue weighted by atomic mass is 10.1. The lowest BCUT2D eigenvalue weighted by molar-refractivity contribution is -0.119. The van der Waals surface area contributed by atoms with Gasteiger partial charge in [0, 0.05) is 29.2 Å². The molecule has 0 fully saturated rings. The minimum Gasteiger partial charge on any atom is -0.495 e. The first kappa shape index (κ1) is 23.6. The fourth-order valence-corrected chi connectivity index (χ4v) is 4.99. The molecule has 4 heterocycles. The maximum absolute atomic E-state index is 12.8. The molecule has 0 aliphatic carbocycles. The largest absolute Gasteiger partial charge is 0.495 e. The van der Waals surface area contributed by atoms with Gasteiger partial charge in [0.25, 0.3) is 5.91 Å². The van der Waals surface area contributed by atoms with Crippen molar-refractivity contribution in [2.45, 2.75) is 6.42 Å². The summed E-state index contributed by atoms with van der Waals surface area (Å²) in [4.78, 5) is 40.6. The maximum Gasteiger partial charge on any atom is 0.251 e. The van der Waals surface area contributed by atoms with Crippen molar-refractivity contribution < 1.29 is 14.3 Å². The van der Waals surface area contributed by atoms with Gasteiger partial charge in [0.1, 0.15) is 17.2 Å². The molecule has 1 aliphatic heterocycles. The van der Waals surface area contributed by atoms with E-state index in [-0.39, 0.29) is 5.91 Å². The topological polar surface area (TPSA) is 142 Å². The number of benzene rings is 1. The molecule has 186 valence electrons. The Bertz CT molecular complexity index is 1460. The number of H-pyrrole nitrogens is 1. The molecule has 0 bridgehead atoms. The summed E-state index contributed by atoms with van der Waals surface area (Å²) < 4.78 is 5.63. The number of nitrogens with one attached hydrogen (secondary N) is 3. The number of fused-ring (bicyclic) bond motifs is 2. The lowest BCUT2D eigenvalue weighted by Crippen LogP contribution is -2.36. The number of carbonyl (C=O) groups excluding carboxylic acids is 2. The zero-order chi connectivity index (χ0) is 25.4. The van der Waals surface area contributed by atoms with Gasteiger partial charge in [-0.15, -0.1) is 11.3 Å². The van der Waals surface area contributed by atoms with Crippen molar-refractivity contribution >= 4 is 63.0 Å². The molecule has 12 heteroatoms. The van der Waals surface area contributed by atoms with Crippen molar-refractivity contribution in [3.8, 4) is 5.75 Å². The predicted molar refractivity (Wildman–Crippen MR) is 141 cm³/mol. The number of thiophene rings is 1. The van der Waals surface area contributed by atoms with Gasteiger partial charge in [0.2, 0.25) is 11.9 Å². The van der Waals surface area contributed by atoms with Crippen LogP contribution in [0.3, 0.4) is 0 Å². The molecule has 0 atom stereocenters. The number of amides is 2. The van der Waals surface area contributed by atoms with Gasteiger partial charge in [-0.3, -0.25) is 9.59 Å². The quantitative estimate of drug-likeness (QED) is 0.286. The number of ether oxygens (including phenoxy) is 1. The lowest BCUT2D eigenvalue weighted by Gasteiger charge is -2.21. The Hall–Kier alpha value is -4.16. The molecule has 0 spiro atoms. The standard InChI is InChI=1S/C24H26N8O3S/c1-31(2)10-20(33)32-7-5-13-8-19(35-3)16(9-18(13)32)28-24-29-22-14(4-6-26-22)23(30-24)27-17-12-36-11-15(17)21(25)34/h4,6,8-9,11-12H,5,7,10H2,1-3H3,(H2,25,34)(H3,26,27,28,29,30). The fourth-order valence-electron chi connectivity index (χ4n) is 4.22. The van der Waals surface area contributed by atoms with Crippen molar-refractivity contribution in [2.24, 2.45) is 5.73 Å². The van der Waals surface area contributed by atoms with E-state index in [2.05, 4.69) is 25.6 Å². The molecule has 11 nitrogen and oxygen atoms in total. The van der Waals surface area contributed by atoms with Gasteiger partial charge in [-0.25, -0.2) is 0 Å². The highest BCUT2D eigenvalue weighted by Gasteiger charge is 2.27. The van der Waals surface area contributed by atoms with E-state index in [1.807, 2.05) is 37.2 Å². The van der Waals surface area contributed by atoms with E-state index < -0.39 is 5.91 Å². The van der Waals surface area contributed by atoms with Crippen LogP contribution < -0.4 is 26.0 Å². The predicted octanol–water partition coefficient (Wildman–Crippen LogP) is 3.06. The molecular formula is C24H26N8O3S. The molecule has 5 N–H and O–H groups in total. The normalized spacial score (nSPS) is 12.7. The van der Waals surface area contributed by atoms with Crippen molar-refractivity contribution in [1.29, 1.82) is 0 Å². The average Bonchev–Trinajstić information content (AvgIpc) is 3.57. The molecule has 5 rings (SSSR count). The summed E-state index contributed by atoms with van der Waals surface area (Å²) in [6.45, 7) is 0.947. The van der Waals surface area contributed by atoms with E-state index in [0.29, 0.717) is 53.2 Å². The van der Waals surface area contributed by atoms with Crippen molar-refractivity contribution in [3.63, 3.8) is 0 Å². The highest BCUT2D eigenvalue weighted by molar-refractivity contribution is 7.08. The number of aromatic amines is 1. The Kier molecular flexibility index (Phi) is 6.20. The number of rotatable bonds is 8. The van der Waals surface area contributed by atoms with E-state index in [1.54, 1.807) is 29.0 Å². The van der Waals surface area contributed by atoms with Gasteiger partial charge in [0.05, 0.1) is 36.0 Å². The molecule has 1 aromatic carbocycles. The highest BCUT2D eigenvalue weighted by atomic mass is 32.1. The smallest absolute Gasteiger partial charge is 0.251 e. The summed E-state index contributed by atoms with van der Waals surface area (Å²) in [5.74, 6) is 0.951. The van der Waals surface area contributed by atoms with Crippen LogP contribution in [0.1, 0.15) is 15.9 Å². The zero-order valence-corrected chi connectivity index (χ0v) is 20.9. The number of aromatic nitrogens is 3. The van der Waals surface area contributed by atoms with Gasteiger partial charge < -0.3 is 35.9 Å². The maximum atomic E-state index is 12.8. The average molecular weight is 507 g/mol. The van der Waals surface area contributed by atoms with Crippen molar-refractivity contribution in [3.05, 3.63) is 46.3 Å². The number of primary amides is 1. The van der Waals surface area contributed by atoms with E-state index >= 15 is 0 Å².